The second-order valence-electron chi connectivity index (χ2n) is 6.93. The van der Waals surface area contributed by atoms with Crippen molar-refractivity contribution in [2.45, 2.75) is 37.2 Å². The Morgan fingerprint density at radius 2 is 1.74 bits per heavy atom. The molecule has 0 radical (unpaired) electrons. The maximum Gasteiger partial charge on any atom is 0.252 e. The first kappa shape index (κ1) is 19.7. The van der Waals surface area contributed by atoms with Crippen molar-refractivity contribution in [3.05, 3.63) is 77.9 Å². The molecule has 2 aromatic rings. The van der Waals surface area contributed by atoms with Gasteiger partial charge in [-0.25, -0.2) is 0 Å². The summed E-state index contributed by atoms with van der Waals surface area (Å²) in [6, 6.07) is 16.3. The number of likely N-dealkylation sites (tertiary alicyclic amines) is 1. The Balaban J connectivity index is 1.53. The van der Waals surface area contributed by atoms with Crippen LogP contribution in [-0.2, 0) is 13.1 Å². The van der Waals surface area contributed by atoms with Gasteiger partial charge in [0.05, 0.1) is 5.56 Å². The molecule has 4 heteroatoms. The summed E-state index contributed by atoms with van der Waals surface area (Å²) in [6.07, 6.45) is 5.85. The van der Waals surface area contributed by atoms with E-state index in [9.17, 15) is 4.79 Å². The van der Waals surface area contributed by atoms with Crippen molar-refractivity contribution >= 4 is 17.7 Å². The van der Waals surface area contributed by atoms with E-state index in [0.717, 1.165) is 28.3 Å². The number of thioether (sulfide) groups is 1. The lowest BCUT2D eigenvalue weighted by atomic mass is 10.1. The van der Waals surface area contributed by atoms with Gasteiger partial charge in [0, 0.05) is 23.7 Å². The standard InChI is InChI=1S/C23H28N2OS/c1-2-16-27-22-9-5-4-8-21(22)23(26)24-17-19-10-12-20(13-11-19)18-25-14-6-3-7-15-25/h2,4-5,8-13H,1,3,6-7,14-18H2,(H,24,26). The van der Waals surface area contributed by atoms with E-state index < -0.39 is 0 Å². The van der Waals surface area contributed by atoms with Gasteiger partial charge in [0.25, 0.3) is 5.91 Å². The van der Waals surface area contributed by atoms with Crippen LogP contribution in [0.1, 0.15) is 40.7 Å². The average molecular weight is 381 g/mol. The number of amides is 1. The van der Waals surface area contributed by atoms with Crippen LogP contribution in [0.15, 0.2) is 66.1 Å². The number of piperidine rings is 1. The summed E-state index contributed by atoms with van der Waals surface area (Å²) in [6.45, 7) is 7.74. The molecule has 3 rings (SSSR count). The number of rotatable bonds is 8. The summed E-state index contributed by atoms with van der Waals surface area (Å²) < 4.78 is 0. The van der Waals surface area contributed by atoms with Crippen LogP contribution in [0, 0.1) is 0 Å². The number of carbonyl (C=O) groups excluding carboxylic acids is 1. The molecule has 1 N–H and O–H groups in total. The van der Waals surface area contributed by atoms with E-state index in [-0.39, 0.29) is 5.91 Å². The fourth-order valence-electron chi connectivity index (χ4n) is 3.34. The van der Waals surface area contributed by atoms with Crippen LogP contribution in [0.2, 0.25) is 0 Å². The van der Waals surface area contributed by atoms with Crippen LogP contribution < -0.4 is 5.32 Å². The summed E-state index contributed by atoms with van der Waals surface area (Å²) in [5.74, 6) is 0.766. The third-order valence-corrected chi connectivity index (χ3v) is 5.89. The number of carbonyl (C=O) groups is 1. The SMILES string of the molecule is C=CCSc1ccccc1C(=O)NCc1ccc(CN2CCCCC2)cc1. The molecule has 142 valence electrons. The van der Waals surface area contributed by atoms with Gasteiger partial charge in [-0.2, -0.15) is 0 Å². The summed E-state index contributed by atoms with van der Waals surface area (Å²) >= 11 is 1.63. The van der Waals surface area contributed by atoms with E-state index in [2.05, 4.69) is 41.1 Å². The van der Waals surface area contributed by atoms with Gasteiger partial charge in [0.15, 0.2) is 0 Å². The molecule has 27 heavy (non-hydrogen) atoms. The van der Waals surface area contributed by atoms with E-state index >= 15 is 0 Å². The first-order valence-electron chi connectivity index (χ1n) is 9.67. The van der Waals surface area contributed by atoms with Crippen molar-refractivity contribution in [1.29, 1.82) is 0 Å². The van der Waals surface area contributed by atoms with E-state index in [1.54, 1.807) is 11.8 Å². The lowest BCUT2D eigenvalue weighted by molar-refractivity contribution is 0.0948. The first-order chi connectivity index (χ1) is 13.3. The maximum absolute atomic E-state index is 12.6. The van der Waals surface area contributed by atoms with Gasteiger partial charge in [-0.15, -0.1) is 18.3 Å². The first-order valence-corrected chi connectivity index (χ1v) is 10.7. The van der Waals surface area contributed by atoms with Crippen LogP contribution in [0.4, 0.5) is 0 Å². The molecule has 0 aliphatic carbocycles. The van der Waals surface area contributed by atoms with Crippen LogP contribution in [0.25, 0.3) is 0 Å². The van der Waals surface area contributed by atoms with Gasteiger partial charge in [0.2, 0.25) is 0 Å². The summed E-state index contributed by atoms with van der Waals surface area (Å²) in [7, 11) is 0. The quantitative estimate of drug-likeness (QED) is 0.523. The molecular formula is C23H28N2OS. The number of benzene rings is 2. The zero-order valence-electron chi connectivity index (χ0n) is 15.8. The normalized spacial score (nSPS) is 14.7. The van der Waals surface area contributed by atoms with Crippen LogP contribution >= 0.6 is 11.8 Å². The van der Waals surface area contributed by atoms with Crippen molar-refractivity contribution in [2.24, 2.45) is 0 Å². The minimum Gasteiger partial charge on any atom is -0.348 e. The highest BCUT2D eigenvalue weighted by Crippen LogP contribution is 2.22. The van der Waals surface area contributed by atoms with Crippen molar-refractivity contribution in [2.75, 3.05) is 18.8 Å². The van der Waals surface area contributed by atoms with Crippen LogP contribution in [-0.4, -0.2) is 29.6 Å². The average Bonchev–Trinajstić information content (AvgIpc) is 2.72. The van der Waals surface area contributed by atoms with Gasteiger partial charge < -0.3 is 5.32 Å². The Kier molecular flexibility index (Phi) is 7.55. The minimum atomic E-state index is -0.0282. The minimum absolute atomic E-state index is 0.0282. The van der Waals surface area contributed by atoms with E-state index in [1.807, 2.05) is 30.3 Å². The molecule has 0 spiro atoms. The molecule has 0 unspecified atom stereocenters. The van der Waals surface area contributed by atoms with Gasteiger partial charge in [0.1, 0.15) is 0 Å². The van der Waals surface area contributed by atoms with Gasteiger partial charge in [-0.05, 0) is 49.2 Å². The zero-order chi connectivity index (χ0) is 18.9. The molecule has 1 saturated heterocycles. The van der Waals surface area contributed by atoms with Gasteiger partial charge in [-0.1, -0.05) is 48.9 Å². The Bertz CT molecular complexity index is 751. The summed E-state index contributed by atoms with van der Waals surface area (Å²) in [5.41, 5.74) is 3.20. The molecule has 1 amide bonds. The van der Waals surface area contributed by atoms with E-state index in [0.29, 0.717) is 6.54 Å². The van der Waals surface area contributed by atoms with Crippen molar-refractivity contribution in [3.8, 4) is 0 Å². The van der Waals surface area contributed by atoms with Crippen LogP contribution in [0.3, 0.4) is 0 Å². The van der Waals surface area contributed by atoms with Crippen LogP contribution in [0.5, 0.6) is 0 Å². The molecule has 1 fully saturated rings. The number of hydrogen-bond donors (Lipinski definition) is 1. The second kappa shape index (κ2) is 10.3. The largest absolute Gasteiger partial charge is 0.348 e. The topological polar surface area (TPSA) is 32.3 Å². The number of nitrogens with zero attached hydrogens (tertiary/aromatic N) is 1. The third kappa shape index (κ3) is 5.98. The molecule has 0 bridgehead atoms. The molecule has 2 aromatic carbocycles. The molecule has 0 atom stereocenters. The number of hydrogen-bond acceptors (Lipinski definition) is 3. The molecule has 1 aliphatic rings. The smallest absolute Gasteiger partial charge is 0.252 e. The predicted molar refractivity (Wildman–Crippen MR) is 114 cm³/mol. The Labute approximate surface area is 166 Å². The highest BCUT2D eigenvalue weighted by atomic mass is 32.2. The van der Waals surface area contributed by atoms with Gasteiger partial charge >= 0.3 is 0 Å². The van der Waals surface area contributed by atoms with E-state index in [1.165, 1.54) is 37.9 Å². The van der Waals surface area contributed by atoms with Crippen molar-refractivity contribution in [1.82, 2.24) is 10.2 Å². The Hall–Kier alpha value is -2.04. The fraction of sp³-hybridized carbons (Fsp3) is 0.348. The highest BCUT2D eigenvalue weighted by molar-refractivity contribution is 7.99. The summed E-state index contributed by atoms with van der Waals surface area (Å²) in [4.78, 5) is 16.1. The fourth-order valence-corrected chi connectivity index (χ4v) is 4.13. The molecule has 3 nitrogen and oxygen atoms in total. The second-order valence-corrected chi connectivity index (χ2v) is 7.99. The lowest BCUT2D eigenvalue weighted by Crippen LogP contribution is -2.29. The molecule has 0 aromatic heterocycles. The molecule has 1 heterocycles. The van der Waals surface area contributed by atoms with Crippen molar-refractivity contribution in [3.63, 3.8) is 0 Å². The maximum atomic E-state index is 12.6. The van der Waals surface area contributed by atoms with E-state index in [4.69, 9.17) is 0 Å². The summed E-state index contributed by atoms with van der Waals surface area (Å²) in [5, 5.41) is 3.04. The molecule has 0 saturated carbocycles. The molecule has 1 aliphatic heterocycles. The lowest BCUT2D eigenvalue weighted by Gasteiger charge is -2.26. The predicted octanol–water partition coefficient (Wildman–Crippen LogP) is 4.88. The van der Waals surface area contributed by atoms with Crippen molar-refractivity contribution < 1.29 is 4.79 Å². The monoisotopic (exact) mass is 380 g/mol. The Morgan fingerprint density at radius 1 is 1.04 bits per heavy atom. The zero-order valence-corrected chi connectivity index (χ0v) is 16.6. The molecular weight excluding hydrogens is 352 g/mol. The highest BCUT2D eigenvalue weighted by Gasteiger charge is 2.12. The van der Waals surface area contributed by atoms with Gasteiger partial charge in [-0.3, -0.25) is 9.69 Å². The Morgan fingerprint density at radius 3 is 2.48 bits per heavy atom. The third-order valence-electron chi connectivity index (χ3n) is 4.82. The number of nitrogens with one attached hydrogen (secondary N) is 1.